The van der Waals surface area contributed by atoms with Gasteiger partial charge in [0.2, 0.25) is 5.51 Å². The van der Waals surface area contributed by atoms with E-state index in [9.17, 15) is 0 Å². The molecule has 0 fully saturated rings. The van der Waals surface area contributed by atoms with Crippen LogP contribution in [0.25, 0.3) is 0 Å². The zero-order valence-electron chi connectivity index (χ0n) is 8.29. The van der Waals surface area contributed by atoms with Crippen LogP contribution >= 0.6 is 11.3 Å². The quantitative estimate of drug-likeness (QED) is 0.698. The summed E-state index contributed by atoms with van der Waals surface area (Å²) in [6.07, 6.45) is 0.789. The van der Waals surface area contributed by atoms with Gasteiger partial charge in [-0.15, -0.1) is 0 Å². The molecule has 0 amide bonds. The molecule has 1 rings (SSSR count). The predicted octanol–water partition coefficient (Wildman–Crippen LogP) is 1.44. The molecule has 0 aliphatic carbocycles. The van der Waals surface area contributed by atoms with Gasteiger partial charge in [-0.1, -0.05) is 25.2 Å². The maximum absolute atomic E-state index is 8.65. The molecule has 1 aromatic heterocycles. The highest BCUT2D eigenvalue weighted by Gasteiger charge is 2.09. The van der Waals surface area contributed by atoms with E-state index in [1.54, 1.807) is 11.3 Å². The zero-order chi connectivity index (χ0) is 9.56. The molecular formula is C9H18NOS+. The molecular weight excluding hydrogens is 170 g/mol. The Kier molecular flexibility index (Phi) is 5.93. The lowest BCUT2D eigenvalue weighted by Gasteiger charge is -1.88. The van der Waals surface area contributed by atoms with Crippen molar-refractivity contribution in [1.29, 1.82) is 0 Å². The number of aliphatic hydroxyl groups is 1. The fourth-order valence-electron chi connectivity index (χ4n) is 0.845. The van der Waals surface area contributed by atoms with Crippen LogP contribution in [-0.4, -0.2) is 11.7 Å². The van der Waals surface area contributed by atoms with Crippen LogP contribution in [0.3, 0.4) is 0 Å². The van der Waals surface area contributed by atoms with Crippen LogP contribution in [0.5, 0.6) is 0 Å². The number of hydrogen-bond donors (Lipinski definition) is 1. The van der Waals surface area contributed by atoms with Crippen LogP contribution in [0.4, 0.5) is 0 Å². The second-order valence-electron chi connectivity index (χ2n) is 2.32. The normalized spacial score (nSPS) is 9.08. The molecule has 0 aromatic carbocycles. The van der Waals surface area contributed by atoms with Gasteiger partial charge in [0.05, 0.1) is 4.88 Å². The summed E-state index contributed by atoms with van der Waals surface area (Å²) in [6, 6.07) is 0. The minimum Gasteiger partial charge on any atom is -0.396 e. The molecule has 12 heavy (non-hydrogen) atoms. The average molecular weight is 188 g/mol. The fraction of sp³-hybridized carbons (Fsp3) is 0.667. The highest BCUT2D eigenvalue weighted by atomic mass is 32.1. The number of aryl methyl sites for hydroxylation is 1. The SMILES string of the molecule is CC.Cc1c(CCO)sc[n+]1C. The molecule has 70 valence electrons. The Hall–Kier alpha value is -0.410. The summed E-state index contributed by atoms with van der Waals surface area (Å²) in [5.41, 5.74) is 3.32. The molecule has 0 unspecified atom stereocenters. The first-order valence-electron chi connectivity index (χ1n) is 4.29. The van der Waals surface area contributed by atoms with E-state index in [-0.39, 0.29) is 6.61 Å². The van der Waals surface area contributed by atoms with E-state index in [1.807, 2.05) is 20.9 Å². The van der Waals surface area contributed by atoms with Crippen molar-refractivity contribution < 1.29 is 9.67 Å². The molecule has 0 saturated heterocycles. The van der Waals surface area contributed by atoms with E-state index < -0.39 is 0 Å². The van der Waals surface area contributed by atoms with Crippen LogP contribution < -0.4 is 4.57 Å². The van der Waals surface area contributed by atoms with E-state index in [1.165, 1.54) is 10.6 Å². The van der Waals surface area contributed by atoms with Gasteiger partial charge in [0.25, 0.3) is 0 Å². The van der Waals surface area contributed by atoms with E-state index in [0.717, 1.165) is 6.42 Å². The third-order valence-corrected chi connectivity index (χ3v) is 2.83. The minimum absolute atomic E-state index is 0.251. The van der Waals surface area contributed by atoms with Gasteiger partial charge in [-0.3, -0.25) is 0 Å². The van der Waals surface area contributed by atoms with Gasteiger partial charge in [-0.25, -0.2) is 0 Å². The van der Waals surface area contributed by atoms with E-state index in [4.69, 9.17) is 5.11 Å². The second-order valence-corrected chi connectivity index (χ2v) is 3.26. The maximum atomic E-state index is 8.65. The lowest BCUT2D eigenvalue weighted by atomic mass is 10.3. The van der Waals surface area contributed by atoms with Crippen molar-refractivity contribution in [3.63, 3.8) is 0 Å². The van der Waals surface area contributed by atoms with E-state index in [2.05, 4.69) is 17.0 Å². The summed E-state index contributed by atoms with van der Waals surface area (Å²) in [7, 11) is 2.02. The zero-order valence-corrected chi connectivity index (χ0v) is 9.11. The lowest BCUT2D eigenvalue weighted by Crippen LogP contribution is -2.28. The lowest BCUT2D eigenvalue weighted by molar-refractivity contribution is -0.672. The largest absolute Gasteiger partial charge is 0.396 e. The van der Waals surface area contributed by atoms with Crippen molar-refractivity contribution in [2.45, 2.75) is 27.2 Å². The molecule has 0 aliphatic rings. The Bertz CT molecular complexity index is 220. The van der Waals surface area contributed by atoms with Crippen molar-refractivity contribution in [3.05, 3.63) is 16.1 Å². The van der Waals surface area contributed by atoms with Crippen LogP contribution in [0, 0.1) is 6.92 Å². The Morgan fingerprint density at radius 3 is 2.42 bits per heavy atom. The monoisotopic (exact) mass is 188 g/mol. The summed E-state index contributed by atoms with van der Waals surface area (Å²) in [6.45, 7) is 6.32. The van der Waals surface area contributed by atoms with Crippen molar-refractivity contribution in [3.8, 4) is 0 Å². The van der Waals surface area contributed by atoms with Gasteiger partial charge in [0.15, 0.2) is 5.69 Å². The highest BCUT2D eigenvalue weighted by molar-refractivity contribution is 7.09. The Morgan fingerprint density at radius 1 is 1.50 bits per heavy atom. The molecule has 0 radical (unpaired) electrons. The fourth-order valence-corrected chi connectivity index (χ4v) is 1.81. The van der Waals surface area contributed by atoms with Crippen LogP contribution in [0.2, 0.25) is 0 Å². The molecule has 0 atom stereocenters. The summed E-state index contributed by atoms with van der Waals surface area (Å²) in [5.74, 6) is 0. The van der Waals surface area contributed by atoms with E-state index >= 15 is 0 Å². The topological polar surface area (TPSA) is 24.1 Å². The van der Waals surface area contributed by atoms with Crippen molar-refractivity contribution in [2.24, 2.45) is 7.05 Å². The third-order valence-electron chi connectivity index (χ3n) is 1.62. The number of aromatic nitrogens is 1. The second kappa shape index (κ2) is 6.14. The summed E-state index contributed by atoms with van der Waals surface area (Å²) in [4.78, 5) is 1.28. The molecule has 1 aromatic rings. The van der Waals surface area contributed by atoms with Crippen molar-refractivity contribution in [1.82, 2.24) is 0 Å². The van der Waals surface area contributed by atoms with Crippen LogP contribution in [0.15, 0.2) is 5.51 Å². The summed E-state index contributed by atoms with van der Waals surface area (Å²) < 4.78 is 2.08. The van der Waals surface area contributed by atoms with Gasteiger partial charge < -0.3 is 5.11 Å². The first-order chi connectivity index (χ1) is 5.75. The average Bonchev–Trinajstić information content (AvgIpc) is 2.41. The molecule has 2 nitrogen and oxygen atoms in total. The van der Waals surface area contributed by atoms with Crippen LogP contribution in [0.1, 0.15) is 24.4 Å². The number of nitrogens with zero attached hydrogens (tertiary/aromatic N) is 1. The third kappa shape index (κ3) is 2.91. The Labute approximate surface area is 78.5 Å². The summed E-state index contributed by atoms with van der Waals surface area (Å²) in [5, 5.41) is 8.65. The predicted molar refractivity (Wildman–Crippen MR) is 52.4 cm³/mol. The number of rotatable bonds is 2. The van der Waals surface area contributed by atoms with Gasteiger partial charge >= 0.3 is 0 Å². The van der Waals surface area contributed by atoms with E-state index in [0.29, 0.717) is 0 Å². The Morgan fingerprint density at radius 2 is 2.08 bits per heavy atom. The van der Waals surface area contributed by atoms with Gasteiger partial charge in [0.1, 0.15) is 7.05 Å². The number of thiazole rings is 1. The molecule has 3 heteroatoms. The standard InChI is InChI=1S/C7H12NOS.C2H6/c1-6-7(3-4-9)10-5-8(6)2;1-2/h5,9H,3-4H2,1-2H3;1-2H3/q+1;. The molecule has 0 bridgehead atoms. The van der Waals surface area contributed by atoms with Crippen LogP contribution in [-0.2, 0) is 13.5 Å². The maximum Gasteiger partial charge on any atom is 0.224 e. The number of hydrogen-bond acceptors (Lipinski definition) is 2. The first kappa shape index (κ1) is 11.6. The smallest absolute Gasteiger partial charge is 0.224 e. The molecule has 1 N–H and O–H groups in total. The minimum atomic E-state index is 0.251. The van der Waals surface area contributed by atoms with Crippen molar-refractivity contribution >= 4 is 11.3 Å². The first-order valence-corrected chi connectivity index (χ1v) is 5.17. The van der Waals surface area contributed by atoms with Gasteiger partial charge in [-0.05, 0) is 0 Å². The number of aliphatic hydroxyl groups excluding tert-OH is 1. The Balaban J connectivity index is 0.000000561. The molecule has 0 aliphatic heterocycles. The molecule has 0 spiro atoms. The van der Waals surface area contributed by atoms with Crippen molar-refractivity contribution in [2.75, 3.05) is 6.61 Å². The van der Waals surface area contributed by atoms with Gasteiger partial charge in [-0.2, -0.15) is 4.57 Å². The highest BCUT2D eigenvalue weighted by Crippen LogP contribution is 2.09. The molecule has 0 saturated carbocycles. The summed E-state index contributed by atoms with van der Waals surface area (Å²) >= 11 is 1.70. The molecule has 1 heterocycles. The van der Waals surface area contributed by atoms with Gasteiger partial charge in [0, 0.05) is 20.0 Å².